The van der Waals surface area contributed by atoms with Crippen molar-refractivity contribution in [2.24, 2.45) is 5.92 Å². The van der Waals surface area contributed by atoms with Crippen LogP contribution in [0.15, 0.2) is 0 Å². The third-order valence-electron chi connectivity index (χ3n) is 3.64. The van der Waals surface area contributed by atoms with Crippen molar-refractivity contribution in [3.05, 3.63) is 0 Å². The molecule has 0 aliphatic heterocycles. The summed E-state index contributed by atoms with van der Waals surface area (Å²) in [4.78, 5) is 2.49. The fourth-order valence-corrected chi connectivity index (χ4v) is 1.98. The Bertz CT molecular complexity index is 142. The van der Waals surface area contributed by atoms with Gasteiger partial charge in [-0.1, -0.05) is 52.9 Å². The highest BCUT2D eigenvalue weighted by atomic mass is 15.1. The zero-order valence-corrected chi connectivity index (χ0v) is 12.3. The second kappa shape index (κ2) is 10.1. The normalized spacial score (nSPS) is 13.7. The number of rotatable bonds is 10. The molecule has 0 aromatic rings. The molecular formula is C15H33N. The molecule has 0 radical (unpaired) electrons. The van der Waals surface area contributed by atoms with Crippen molar-refractivity contribution < 1.29 is 0 Å². The SMILES string of the molecule is CCC(C)N(C)CCCCCCCC(C)C. The third-order valence-corrected chi connectivity index (χ3v) is 3.64. The Morgan fingerprint density at radius 3 is 2.00 bits per heavy atom. The third kappa shape index (κ3) is 9.21. The lowest BCUT2D eigenvalue weighted by Crippen LogP contribution is -2.29. The van der Waals surface area contributed by atoms with Gasteiger partial charge in [0, 0.05) is 6.04 Å². The van der Waals surface area contributed by atoms with E-state index in [0.29, 0.717) is 0 Å². The highest BCUT2D eigenvalue weighted by molar-refractivity contribution is 4.60. The van der Waals surface area contributed by atoms with E-state index in [9.17, 15) is 0 Å². The zero-order valence-electron chi connectivity index (χ0n) is 12.3. The fourth-order valence-electron chi connectivity index (χ4n) is 1.98. The monoisotopic (exact) mass is 227 g/mol. The van der Waals surface area contributed by atoms with Crippen LogP contribution in [-0.4, -0.2) is 24.5 Å². The first-order valence-electron chi connectivity index (χ1n) is 7.28. The van der Waals surface area contributed by atoms with E-state index < -0.39 is 0 Å². The van der Waals surface area contributed by atoms with Gasteiger partial charge in [0.1, 0.15) is 0 Å². The summed E-state index contributed by atoms with van der Waals surface area (Å²) in [6.45, 7) is 10.5. The average Bonchev–Trinajstić information content (AvgIpc) is 2.25. The molecule has 0 aromatic carbocycles. The molecule has 1 nitrogen and oxygen atoms in total. The minimum atomic E-state index is 0.751. The molecule has 0 aromatic heterocycles. The molecule has 0 rings (SSSR count). The molecule has 0 aliphatic rings. The van der Waals surface area contributed by atoms with Crippen LogP contribution in [0.3, 0.4) is 0 Å². The van der Waals surface area contributed by atoms with Crippen molar-refractivity contribution in [3.8, 4) is 0 Å². The molecule has 0 fully saturated rings. The Balaban J connectivity index is 3.20. The van der Waals surface area contributed by atoms with Crippen molar-refractivity contribution in [3.63, 3.8) is 0 Å². The molecule has 0 heterocycles. The van der Waals surface area contributed by atoms with Crippen LogP contribution in [0.2, 0.25) is 0 Å². The lowest BCUT2D eigenvalue weighted by atomic mass is 10.0. The molecule has 98 valence electrons. The summed E-state index contributed by atoms with van der Waals surface area (Å²) < 4.78 is 0. The molecule has 16 heavy (non-hydrogen) atoms. The van der Waals surface area contributed by atoms with E-state index in [1.807, 2.05) is 0 Å². The number of nitrogens with zero attached hydrogens (tertiary/aromatic N) is 1. The second-order valence-corrected chi connectivity index (χ2v) is 5.69. The predicted molar refractivity (Wildman–Crippen MR) is 74.9 cm³/mol. The molecule has 1 heteroatoms. The maximum atomic E-state index is 2.49. The maximum absolute atomic E-state index is 2.49. The summed E-state index contributed by atoms with van der Waals surface area (Å²) in [5.41, 5.74) is 0. The lowest BCUT2D eigenvalue weighted by molar-refractivity contribution is 0.246. The Morgan fingerprint density at radius 1 is 0.875 bits per heavy atom. The minimum absolute atomic E-state index is 0.751. The van der Waals surface area contributed by atoms with Gasteiger partial charge in [0.05, 0.1) is 0 Å². The molecule has 0 saturated heterocycles. The highest BCUT2D eigenvalue weighted by Crippen LogP contribution is 2.11. The summed E-state index contributed by atoms with van der Waals surface area (Å²) in [6, 6.07) is 0.751. The van der Waals surface area contributed by atoms with Gasteiger partial charge >= 0.3 is 0 Å². The van der Waals surface area contributed by atoms with Gasteiger partial charge in [-0.15, -0.1) is 0 Å². The first-order chi connectivity index (χ1) is 7.57. The minimum Gasteiger partial charge on any atom is -0.304 e. The van der Waals surface area contributed by atoms with Crippen LogP contribution in [-0.2, 0) is 0 Å². The van der Waals surface area contributed by atoms with Gasteiger partial charge in [0.15, 0.2) is 0 Å². The Kier molecular flexibility index (Phi) is 10.1. The van der Waals surface area contributed by atoms with E-state index in [-0.39, 0.29) is 0 Å². The fraction of sp³-hybridized carbons (Fsp3) is 1.00. The van der Waals surface area contributed by atoms with Gasteiger partial charge in [-0.25, -0.2) is 0 Å². The maximum Gasteiger partial charge on any atom is 0.00612 e. The van der Waals surface area contributed by atoms with E-state index in [2.05, 4.69) is 39.6 Å². The van der Waals surface area contributed by atoms with Crippen LogP contribution < -0.4 is 0 Å². The van der Waals surface area contributed by atoms with E-state index in [4.69, 9.17) is 0 Å². The summed E-state index contributed by atoms with van der Waals surface area (Å²) in [7, 11) is 2.26. The van der Waals surface area contributed by atoms with Gasteiger partial charge in [-0.05, 0) is 39.3 Å². The van der Waals surface area contributed by atoms with Gasteiger partial charge in [-0.3, -0.25) is 0 Å². The summed E-state index contributed by atoms with van der Waals surface area (Å²) in [6.07, 6.45) is 9.77. The molecule has 0 spiro atoms. The summed E-state index contributed by atoms with van der Waals surface area (Å²) in [5, 5.41) is 0. The van der Waals surface area contributed by atoms with Crippen molar-refractivity contribution in [1.29, 1.82) is 0 Å². The lowest BCUT2D eigenvalue weighted by Gasteiger charge is -2.23. The van der Waals surface area contributed by atoms with Crippen LogP contribution >= 0.6 is 0 Å². The number of hydrogen-bond donors (Lipinski definition) is 0. The first kappa shape index (κ1) is 16.0. The molecule has 0 aliphatic carbocycles. The standard InChI is InChI=1S/C15H33N/c1-6-15(4)16(5)13-11-9-7-8-10-12-14(2)3/h14-15H,6-13H2,1-5H3. The summed E-state index contributed by atoms with van der Waals surface area (Å²) >= 11 is 0. The Morgan fingerprint density at radius 2 is 1.44 bits per heavy atom. The average molecular weight is 227 g/mol. The quantitative estimate of drug-likeness (QED) is 0.488. The zero-order chi connectivity index (χ0) is 12.4. The molecule has 0 amide bonds. The molecule has 1 unspecified atom stereocenters. The van der Waals surface area contributed by atoms with Crippen molar-refractivity contribution in [2.75, 3.05) is 13.6 Å². The van der Waals surface area contributed by atoms with E-state index in [1.54, 1.807) is 0 Å². The smallest absolute Gasteiger partial charge is 0.00612 e. The van der Waals surface area contributed by atoms with Gasteiger partial charge in [0.25, 0.3) is 0 Å². The van der Waals surface area contributed by atoms with Crippen molar-refractivity contribution in [1.82, 2.24) is 4.90 Å². The van der Waals surface area contributed by atoms with Crippen LogP contribution in [0.4, 0.5) is 0 Å². The van der Waals surface area contributed by atoms with E-state index >= 15 is 0 Å². The van der Waals surface area contributed by atoms with Gasteiger partial charge in [-0.2, -0.15) is 0 Å². The van der Waals surface area contributed by atoms with Crippen LogP contribution in [0.1, 0.15) is 72.6 Å². The second-order valence-electron chi connectivity index (χ2n) is 5.69. The van der Waals surface area contributed by atoms with Crippen LogP contribution in [0.5, 0.6) is 0 Å². The number of unbranched alkanes of at least 4 members (excludes halogenated alkanes) is 4. The van der Waals surface area contributed by atoms with Crippen molar-refractivity contribution >= 4 is 0 Å². The predicted octanol–water partition coefficient (Wildman–Crippen LogP) is 4.71. The Labute approximate surface area is 104 Å². The van der Waals surface area contributed by atoms with E-state index in [1.165, 1.54) is 51.5 Å². The molecule has 0 N–H and O–H groups in total. The van der Waals surface area contributed by atoms with E-state index in [0.717, 1.165) is 12.0 Å². The number of hydrogen-bond acceptors (Lipinski definition) is 1. The topological polar surface area (TPSA) is 3.24 Å². The summed E-state index contributed by atoms with van der Waals surface area (Å²) in [5.74, 6) is 0.886. The first-order valence-corrected chi connectivity index (χ1v) is 7.28. The van der Waals surface area contributed by atoms with Gasteiger partial charge in [0.2, 0.25) is 0 Å². The van der Waals surface area contributed by atoms with Gasteiger partial charge < -0.3 is 4.90 Å². The molecule has 0 bridgehead atoms. The molecular weight excluding hydrogens is 194 g/mol. The Hall–Kier alpha value is -0.0400. The molecule has 0 saturated carbocycles. The van der Waals surface area contributed by atoms with Crippen LogP contribution in [0.25, 0.3) is 0 Å². The van der Waals surface area contributed by atoms with Crippen molar-refractivity contribution in [2.45, 2.75) is 78.7 Å². The molecule has 1 atom stereocenters. The van der Waals surface area contributed by atoms with Crippen LogP contribution in [0, 0.1) is 5.92 Å². The largest absolute Gasteiger partial charge is 0.304 e. The highest BCUT2D eigenvalue weighted by Gasteiger charge is 2.05.